The maximum absolute atomic E-state index is 12.3. The van der Waals surface area contributed by atoms with Crippen molar-refractivity contribution in [3.8, 4) is 0 Å². The fraction of sp³-hybridized carbons (Fsp3) is 0.429. The average molecular weight is 361 g/mol. The highest BCUT2D eigenvalue weighted by Crippen LogP contribution is 2.19. The van der Waals surface area contributed by atoms with Gasteiger partial charge in [0.05, 0.1) is 10.9 Å². The van der Waals surface area contributed by atoms with Gasteiger partial charge in [0.15, 0.2) is 0 Å². The van der Waals surface area contributed by atoms with E-state index in [0.717, 1.165) is 0 Å². The van der Waals surface area contributed by atoms with Crippen LogP contribution < -0.4 is 4.72 Å². The van der Waals surface area contributed by atoms with Crippen molar-refractivity contribution in [2.45, 2.75) is 36.7 Å². The van der Waals surface area contributed by atoms with Crippen molar-refractivity contribution in [1.29, 1.82) is 0 Å². The van der Waals surface area contributed by atoms with Gasteiger partial charge >= 0.3 is 5.97 Å². The fourth-order valence-corrected chi connectivity index (χ4v) is 3.82. The van der Waals surface area contributed by atoms with Gasteiger partial charge in [-0.15, -0.1) is 0 Å². The Morgan fingerprint density at radius 2 is 1.96 bits per heavy atom. The molecule has 1 aromatic carbocycles. The van der Waals surface area contributed by atoms with Crippen LogP contribution in [0.4, 0.5) is 0 Å². The first-order valence-electron chi connectivity index (χ1n) is 7.03. The number of hydrogen-bond acceptors (Lipinski definition) is 4. The van der Waals surface area contributed by atoms with E-state index in [9.17, 15) is 18.0 Å². The van der Waals surface area contributed by atoms with Gasteiger partial charge in [0.25, 0.3) is 0 Å². The number of carboxylic acid groups (broad SMARTS) is 1. The molecule has 1 aliphatic heterocycles. The zero-order valence-electron chi connectivity index (χ0n) is 12.4. The Morgan fingerprint density at radius 1 is 1.35 bits per heavy atom. The van der Waals surface area contributed by atoms with Gasteiger partial charge in [-0.05, 0) is 44.0 Å². The van der Waals surface area contributed by atoms with Crippen LogP contribution in [0.1, 0.15) is 19.8 Å². The number of aliphatic carboxylic acids is 1. The highest BCUT2D eigenvalue weighted by molar-refractivity contribution is 7.89. The molecule has 7 nitrogen and oxygen atoms in total. The Balaban J connectivity index is 2.11. The molecular formula is C14H17ClN2O5S. The van der Waals surface area contributed by atoms with Gasteiger partial charge < -0.3 is 10.0 Å². The summed E-state index contributed by atoms with van der Waals surface area (Å²) in [6.07, 6.45) is 0.955. The molecule has 2 rings (SSSR count). The van der Waals surface area contributed by atoms with E-state index < -0.39 is 34.0 Å². The Morgan fingerprint density at radius 3 is 2.52 bits per heavy atom. The van der Waals surface area contributed by atoms with Gasteiger partial charge in [-0.25, -0.2) is 13.2 Å². The monoisotopic (exact) mass is 360 g/mol. The van der Waals surface area contributed by atoms with E-state index in [-0.39, 0.29) is 4.90 Å². The van der Waals surface area contributed by atoms with Crippen molar-refractivity contribution in [3.05, 3.63) is 29.3 Å². The summed E-state index contributed by atoms with van der Waals surface area (Å²) in [6.45, 7) is 1.70. The van der Waals surface area contributed by atoms with E-state index >= 15 is 0 Å². The number of nitrogens with zero attached hydrogens (tertiary/aromatic N) is 1. The normalized spacial score (nSPS) is 19.6. The summed E-state index contributed by atoms with van der Waals surface area (Å²) in [6, 6.07) is 3.57. The maximum Gasteiger partial charge on any atom is 0.326 e. The van der Waals surface area contributed by atoms with Crippen molar-refractivity contribution in [2.75, 3.05) is 6.54 Å². The van der Waals surface area contributed by atoms with Gasteiger partial charge in [-0.2, -0.15) is 4.72 Å². The zero-order valence-corrected chi connectivity index (χ0v) is 14.0. The number of halogens is 1. The Kier molecular flexibility index (Phi) is 5.28. The van der Waals surface area contributed by atoms with Crippen LogP contribution >= 0.6 is 11.6 Å². The van der Waals surface area contributed by atoms with Crippen molar-refractivity contribution in [3.63, 3.8) is 0 Å². The number of amides is 1. The molecule has 23 heavy (non-hydrogen) atoms. The molecule has 0 saturated carbocycles. The zero-order chi connectivity index (χ0) is 17.2. The molecule has 126 valence electrons. The first kappa shape index (κ1) is 17.7. The summed E-state index contributed by atoms with van der Waals surface area (Å²) in [5, 5.41) is 9.50. The largest absolute Gasteiger partial charge is 0.480 e. The molecule has 1 fully saturated rings. The summed E-state index contributed by atoms with van der Waals surface area (Å²) < 4.78 is 26.8. The minimum Gasteiger partial charge on any atom is -0.480 e. The van der Waals surface area contributed by atoms with Crippen LogP contribution in [0.25, 0.3) is 0 Å². The van der Waals surface area contributed by atoms with Gasteiger partial charge in [0.1, 0.15) is 6.04 Å². The highest BCUT2D eigenvalue weighted by Gasteiger charge is 2.36. The standard InChI is InChI=1S/C14H17ClN2O5S/c1-9(13(18)17-8-2-3-12(17)14(19)20)16-23(21,22)11-6-4-10(15)5-7-11/h4-7,9,12,16H,2-3,8H2,1H3,(H,19,20). The molecule has 0 aromatic heterocycles. The summed E-state index contributed by atoms with van der Waals surface area (Å²) in [5.41, 5.74) is 0. The van der Waals surface area contributed by atoms with Crippen LogP contribution in [-0.2, 0) is 19.6 Å². The van der Waals surface area contributed by atoms with E-state index in [1.54, 1.807) is 0 Å². The molecule has 1 heterocycles. The molecule has 1 saturated heterocycles. The average Bonchev–Trinajstić information content (AvgIpc) is 2.96. The van der Waals surface area contributed by atoms with Crippen LogP contribution in [0.5, 0.6) is 0 Å². The number of nitrogens with one attached hydrogen (secondary N) is 1. The lowest BCUT2D eigenvalue weighted by atomic mass is 10.2. The predicted octanol–water partition coefficient (Wildman–Crippen LogP) is 1.08. The summed E-state index contributed by atoms with van der Waals surface area (Å²) in [7, 11) is -3.89. The second-order valence-electron chi connectivity index (χ2n) is 5.32. The second-order valence-corrected chi connectivity index (χ2v) is 7.48. The van der Waals surface area contributed by atoms with Gasteiger partial charge in [0.2, 0.25) is 15.9 Å². The third-order valence-corrected chi connectivity index (χ3v) is 5.46. The van der Waals surface area contributed by atoms with Crippen molar-refractivity contribution in [2.24, 2.45) is 0 Å². The predicted molar refractivity (Wildman–Crippen MR) is 83.6 cm³/mol. The van der Waals surface area contributed by atoms with Gasteiger partial charge in [-0.3, -0.25) is 4.79 Å². The molecule has 0 bridgehead atoms. The summed E-state index contributed by atoms with van der Waals surface area (Å²) >= 11 is 5.72. The lowest BCUT2D eigenvalue weighted by Gasteiger charge is -2.25. The number of carbonyl (C=O) groups excluding carboxylic acids is 1. The van der Waals surface area contributed by atoms with Crippen molar-refractivity contribution < 1.29 is 23.1 Å². The van der Waals surface area contributed by atoms with Gasteiger partial charge in [-0.1, -0.05) is 11.6 Å². The van der Waals surface area contributed by atoms with Crippen molar-refractivity contribution >= 4 is 33.5 Å². The third kappa shape index (κ3) is 4.01. The van der Waals surface area contributed by atoms with E-state index in [1.807, 2.05) is 0 Å². The highest BCUT2D eigenvalue weighted by atomic mass is 35.5. The lowest BCUT2D eigenvalue weighted by molar-refractivity contribution is -0.148. The van der Waals surface area contributed by atoms with Gasteiger partial charge in [0, 0.05) is 11.6 Å². The Bertz CT molecular complexity index is 704. The number of sulfonamides is 1. The molecule has 2 unspecified atom stereocenters. The first-order valence-corrected chi connectivity index (χ1v) is 8.89. The smallest absolute Gasteiger partial charge is 0.326 e. The summed E-state index contributed by atoms with van der Waals surface area (Å²) in [4.78, 5) is 24.7. The Labute approximate surface area is 139 Å². The molecule has 0 radical (unpaired) electrons. The number of hydrogen-bond donors (Lipinski definition) is 2. The Hall–Kier alpha value is -1.64. The molecule has 0 spiro atoms. The molecule has 2 atom stereocenters. The van der Waals surface area contributed by atoms with Crippen molar-refractivity contribution in [1.82, 2.24) is 9.62 Å². The molecule has 1 aromatic rings. The lowest BCUT2D eigenvalue weighted by Crippen LogP contribution is -2.50. The van der Waals surface area contributed by atoms with E-state index in [0.29, 0.717) is 24.4 Å². The van der Waals surface area contributed by atoms with E-state index in [2.05, 4.69) is 4.72 Å². The fourth-order valence-electron chi connectivity index (χ4n) is 2.50. The first-order chi connectivity index (χ1) is 10.7. The number of benzene rings is 1. The minimum absolute atomic E-state index is 0.0160. The quantitative estimate of drug-likeness (QED) is 0.817. The third-order valence-electron chi connectivity index (χ3n) is 3.65. The number of carboxylic acids is 1. The molecule has 2 N–H and O–H groups in total. The van der Waals surface area contributed by atoms with Crippen LogP contribution in [0, 0.1) is 0 Å². The van der Waals surface area contributed by atoms with E-state index in [1.165, 1.54) is 36.1 Å². The SMILES string of the molecule is CC(NS(=O)(=O)c1ccc(Cl)cc1)C(=O)N1CCCC1C(=O)O. The topological polar surface area (TPSA) is 104 Å². The second kappa shape index (κ2) is 6.86. The number of carbonyl (C=O) groups is 2. The number of likely N-dealkylation sites (tertiary alicyclic amines) is 1. The van der Waals surface area contributed by atoms with Crippen LogP contribution in [-0.4, -0.2) is 48.9 Å². The minimum atomic E-state index is -3.89. The van der Waals surface area contributed by atoms with Crippen LogP contribution in [0.3, 0.4) is 0 Å². The molecule has 1 aliphatic rings. The molecule has 0 aliphatic carbocycles. The van der Waals surface area contributed by atoms with Crippen LogP contribution in [0.2, 0.25) is 5.02 Å². The molecule has 9 heteroatoms. The summed E-state index contributed by atoms with van der Waals surface area (Å²) in [5.74, 6) is -1.63. The molecular weight excluding hydrogens is 344 g/mol. The maximum atomic E-state index is 12.3. The molecule has 1 amide bonds. The van der Waals surface area contributed by atoms with E-state index in [4.69, 9.17) is 16.7 Å². The number of rotatable bonds is 5. The van der Waals surface area contributed by atoms with Crippen LogP contribution in [0.15, 0.2) is 29.2 Å².